The van der Waals surface area contributed by atoms with E-state index in [1.165, 1.54) is 58.2 Å². The molecule has 0 bridgehead atoms. The first kappa shape index (κ1) is 15.3. The number of hydrogen-bond acceptors (Lipinski definition) is 2. The molecular weight excluding hydrogens is 232 g/mol. The molecule has 1 N–H and O–H groups in total. The lowest BCUT2D eigenvalue weighted by atomic mass is 9.68. The van der Waals surface area contributed by atoms with Gasteiger partial charge >= 0.3 is 0 Å². The first-order valence-electron chi connectivity index (χ1n) is 8.42. The Morgan fingerprint density at radius 1 is 1.11 bits per heavy atom. The van der Waals surface area contributed by atoms with E-state index in [9.17, 15) is 0 Å². The lowest BCUT2D eigenvalue weighted by molar-refractivity contribution is 0.0842. The third kappa shape index (κ3) is 3.95. The molecule has 0 radical (unpaired) electrons. The molecule has 2 rings (SSSR count). The Morgan fingerprint density at radius 2 is 1.89 bits per heavy atom. The number of rotatable bonds is 3. The Kier molecular flexibility index (Phi) is 5.30. The molecule has 0 aromatic rings. The topological polar surface area (TPSA) is 15.3 Å². The summed E-state index contributed by atoms with van der Waals surface area (Å²) in [5.74, 6) is 1.79. The van der Waals surface area contributed by atoms with Crippen LogP contribution >= 0.6 is 0 Å². The van der Waals surface area contributed by atoms with Crippen LogP contribution in [-0.4, -0.2) is 37.6 Å². The van der Waals surface area contributed by atoms with Crippen LogP contribution in [0.15, 0.2) is 0 Å². The lowest BCUT2D eigenvalue weighted by Crippen LogP contribution is -2.51. The van der Waals surface area contributed by atoms with E-state index in [4.69, 9.17) is 0 Å². The number of nitrogens with zero attached hydrogens (tertiary/aromatic N) is 1. The van der Waals surface area contributed by atoms with Crippen LogP contribution in [0, 0.1) is 17.3 Å². The highest BCUT2D eigenvalue weighted by atomic mass is 15.1. The van der Waals surface area contributed by atoms with Crippen molar-refractivity contribution < 1.29 is 0 Å². The van der Waals surface area contributed by atoms with Crippen molar-refractivity contribution >= 4 is 0 Å². The minimum atomic E-state index is 0.469. The van der Waals surface area contributed by atoms with Crippen LogP contribution < -0.4 is 5.32 Å². The van der Waals surface area contributed by atoms with Crippen molar-refractivity contribution in [2.45, 2.75) is 65.3 Å². The Labute approximate surface area is 120 Å². The van der Waals surface area contributed by atoms with Gasteiger partial charge in [0, 0.05) is 12.6 Å². The highest BCUT2D eigenvalue weighted by molar-refractivity contribution is 4.94. The highest BCUT2D eigenvalue weighted by Gasteiger charge is 2.38. The quantitative estimate of drug-likeness (QED) is 0.841. The Morgan fingerprint density at radius 3 is 2.63 bits per heavy atom. The molecule has 2 nitrogen and oxygen atoms in total. The van der Waals surface area contributed by atoms with Crippen LogP contribution in [-0.2, 0) is 0 Å². The largest absolute Gasteiger partial charge is 0.316 e. The predicted octanol–water partition coefficient (Wildman–Crippen LogP) is 3.52. The molecule has 0 amide bonds. The van der Waals surface area contributed by atoms with Crippen molar-refractivity contribution in [2.75, 3.05) is 26.7 Å². The van der Waals surface area contributed by atoms with Gasteiger partial charge in [-0.15, -0.1) is 0 Å². The smallest absolute Gasteiger partial charge is 0.0156 e. The van der Waals surface area contributed by atoms with Gasteiger partial charge in [0.2, 0.25) is 0 Å². The molecule has 19 heavy (non-hydrogen) atoms. The summed E-state index contributed by atoms with van der Waals surface area (Å²) in [6.07, 6.45) is 8.46. The monoisotopic (exact) mass is 266 g/mol. The Hall–Kier alpha value is -0.0800. The second-order valence-corrected chi connectivity index (χ2v) is 7.74. The molecule has 0 spiro atoms. The number of nitrogens with one attached hydrogen (secondary N) is 1. The SMILES string of the molecule is CNC1C(CN2CCCC(C)CC2)CCCC1(C)C. The van der Waals surface area contributed by atoms with E-state index >= 15 is 0 Å². The van der Waals surface area contributed by atoms with Crippen molar-refractivity contribution in [3.05, 3.63) is 0 Å². The van der Waals surface area contributed by atoms with Crippen molar-refractivity contribution in [3.8, 4) is 0 Å². The van der Waals surface area contributed by atoms with Gasteiger partial charge in [0.25, 0.3) is 0 Å². The maximum atomic E-state index is 3.63. The van der Waals surface area contributed by atoms with Crippen molar-refractivity contribution in [3.63, 3.8) is 0 Å². The molecule has 3 atom stereocenters. The molecule has 2 fully saturated rings. The van der Waals surface area contributed by atoms with E-state index in [0.29, 0.717) is 11.5 Å². The third-order valence-corrected chi connectivity index (χ3v) is 5.62. The van der Waals surface area contributed by atoms with Crippen molar-refractivity contribution in [1.29, 1.82) is 0 Å². The molecular formula is C17H34N2. The summed E-state index contributed by atoms with van der Waals surface area (Å²) in [6, 6.07) is 0.696. The van der Waals surface area contributed by atoms with Gasteiger partial charge < -0.3 is 10.2 Å². The fraction of sp³-hybridized carbons (Fsp3) is 1.00. The summed E-state index contributed by atoms with van der Waals surface area (Å²) in [5, 5.41) is 3.63. The molecule has 0 aromatic heterocycles. The molecule has 1 saturated heterocycles. The summed E-state index contributed by atoms with van der Waals surface area (Å²) < 4.78 is 0. The molecule has 1 aliphatic heterocycles. The third-order valence-electron chi connectivity index (χ3n) is 5.62. The van der Waals surface area contributed by atoms with E-state index in [-0.39, 0.29) is 0 Å². The number of hydrogen-bond donors (Lipinski definition) is 1. The standard InChI is InChI=1S/C17H34N2/c1-14-7-6-11-19(12-9-14)13-15-8-5-10-17(2,3)16(15)18-4/h14-16,18H,5-13H2,1-4H3. The maximum absolute atomic E-state index is 3.63. The van der Waals surface area contributed by atoms with Gasteiger partial charge in [-0.1, -0.05) is 27.2 Å². The van der Waals surface area contributed by atoms with E-state index < -0.39 is 0 Å². The fourth-order valence-corrected chi connectivity index (χ4v) is 4.44. The van der Waals surface area contributed by atoms with E-state index in [1.807, 2.05) is 0 Å². The molecule has 1 heterocycles. The first-order valence-corrected chi connectivity index (χ1v) is 8.42. The minimum absolute atomic E-state index is 0.469. The zero-order valence-corrected chi connectivity index (χ0v) is 13.5. The Bertz CT molecular complexity index is 274. The average Bonchev–Trinajstić information content (AvgIpc) is 2.54. The van der Waals surface area contributed by atoms with Crippen LogP contribution in [0.1, 0.15) is 59.3 Å². The van der Waals surface area contributed by atoms with Crippen LogP contribution in [0.3, 0.4) is 0 Å². The Balaban J connectivity index is 1.93. The van der Waals surface area contributed by atoms with Gasteiger partial charge in [-0.3, -0.25) is 0 Å². The molecule has 112 valence electrons. The highest BCUT2D eigenvalue weighted by Crippen LogP contribution is 2.39. The maximum Gasteiger partial charge on any atom is 0.0156 e. The van der Waals surface area contributed by atoms with E-state index in [1.54, 1.807) is 0 Å². The zero-order valence-electron chi connectivity index (χ0n) is 13.5. The van der Waals surface area contributed by atoms with Gasteiger partial charge in [-0.05, 0) is 69.5 Å². The average molecular weight is 266 g/mol. The normalized spacial score (nSPS) is 36.9. The summed E-state index contributed by atoms with van der Waals surface area (Å²) >= 11 is 0. The summed E-state index contributed by atoms with van der Waals surface area (Å²) in [6.45, 7) is 11.3. The molecule has 2 heteroatoms. The molecule has 3 unspecified atom stereocenters. The molecule has 1 aliphatic carbocycles. The van der Waals surface area contributed by atoms with Crippen molar-refractivity contribution in [1.82, 2.24) is 10.2 Å². The first-order chi connectivity index (χ1) is 9.03. The second-order valence-electron chi connectivity index (χ2n) is 7.74. The van der Waals surface area contributed by atoms with Crippen LogP contribution in [0.5, 0.6) is 0 Å². The molecule has 0 aromatic carbocycles. The van der Waals surface area contributed by atoms with Gasteiger partial charge in [0.05, 0.1) is 0 Å². The van der Waals surface area contributed by atoms with E-state index in [0.717, 1.165) is 11.8 Å². The van der Waals surface area contributed by atoms with Crippen molar-refractivity contribution in [2.24, 2.45) is 17.3 Å². The summed E-state index contributed by atoms with van der Waals surface area (Å²) in [4.78, 5) is 2.75. The fourth-order valence-electron chi connectivity index (χ4n) is 4.44. The number of likely N-dealkylation sites (tertiary alicyclic amines) is 1. The van der Waals surface area contributed by atoms with Crippen LogP contribution in [0.25, 0.3) is 0 Å². The molecule has 1 saturated carbocycles. The molecule has 2 aliphatic rings. The van der Waals surface area contributed by atoms with Gasteiger partial charge in [0.1, 0.15) is 0 Å². The van der Waals surface area contributed by atoms with Gasteiger partial charge in [-0.2, -0.15) is 0 Å². The van der Waals surface area contributed by atoms with Gasteiger partial charge in [0.15, 0.2) is 0 Å². The van der Waals surface area contributed by atoms with Crippen LogP contribution in [0.4, 0.5) is 0 Å². The zero-order chi connectivity index (χ0) is 13.9. The van der Waals surface area contributed by atoms with Gasteiger partial charge in [-0.25, -0.2) is 0 Å². The summed E-state index contributed by atoms with van der Waals surface area (Å²) in [7, 11) is 2.16. The second kappa shape index (κ2) is 6.58. The van der Waals surface area contributed by atoms with Crippen LogP contribution in [0.2, 0.25) is 0 Å². The summed E-state index contributed by atoms with van der Waals surface area (Å²) in [5.41, 5.74) is 0.469. The minimum Gasteiger partial charge on any atom is -0.316 e. The van der Waals surface area contributed by atoms with E-state index in [2.05, 4.69) is 38.0 Å². The lowest BCUT2D eigenvalue weighted by Gasteiger charge is -2.45. The predicted molar refractivity (Wildman–Crippen MR) is 83.4 cm³/mol.